The van der Waals surface area contributed by atoms with Crippen molar-refractivity contribution in [3.63, 3.8) is 0 Å². The molecule has 22 heavy (non-hydrogen) atoms. The first kappa shape index (κ1) is 16.3. The second kappa shape index (κ2) is 6.81. The van der Waals surface area contributed by atoms with Crippen LogP contribution in [0.1, 0.15) is 49.5 Å². The fraction of sp³-hybridized carbons (Fsp3) is 0.529. The van der Waals surface area contributed by atoms with Crippen LogP contribution < -0.4 is 11.1 Å². The number of carbonyl (C=O) groups excluding carboxylic acids is 2. The number of hydrogen-bond donors (Lipinski definition) is 2. The average molecular weight is 303 g/mol. The number of hydrogen-bond acceptors (Lipinski definition) is 2. The van der Waals surface area contributed by atoms with Gasteiger partial charge >= 0.3 is 6.03 Å². The number of carbonyl (C=O) groups is 2. The number of nitrogens with two attached hydrogens (primary N) is 1. The molecule has 2 rings (SSSR count). The van der Waals surface area contributed by atoms with Crippen molar-refractivity contribution in [1.29, 1.82) is 0 Å². The van der Waals surface area contributed by atoms with Gasteiger partial charge in [0.2, 0.25) is 0 Å². The predicted molar refractivity (Wildman–Crippen MR) is 86.4 cm³/mol. The highest BCUT2D eigenvalue weighted by Gasteiger charge is 2.36. The van der Waals surface area contributed by atoms with Crippen molar-refractivity contribution >= 4 is 11.9 Å². The summed E-state index contributed by atoms with van der Waals surface area (Å²) in [6, 6.07) is 7.43. The summed E-state index contributed by atoms with van der Waals surface area (Å²) in [5.41, 5.74) is 6.67. The first-order chi connectivity index (χ1) is 10.4. The Morgan fingerprint density at radius 1 is 1.23 bits per heavy atom. The van der Waals surface area contributed by atoms with E-state index in [-0.39, 0.29) is 11.9 Å². The second-order valence-electron chi connectivity index (χ2n) is 6.34. The molecule has 5 nitrogen and oxygen atoms in total. The van der Waals surface area contributed by atoms with E-state index in [1.54, 1.807) is 0 Å². The van der Waals surface area contributed by atoms with Gasteiger partial charge in [0.15, 0.2) is 0 Å². The molecule has 120 valence electrons. The van der Waals surface area contributed by atoms with E-state index in [9.17, 15) is 9.59 Å². The lowest BCUT2D eigenvalue weighted by molar-refractivity contribution is 0.0628. The maximum absolute atomic E-state index is 12.8. The van der Waals surface area contributed by atoms with Crippen LogP contribution in [0, 0.1) is 5.92 Å². The number of benzene rings is 1. The van der Waals surface area contributed by atoms with Gasteiger partial charge in [-0.3, -0.25) is 4.79 Å². The SMILES string of the molecule is CC(C)[C@@H](C)N(C(=O)c1ccc(CNC(N)=O)cc1)C1CC1. The molecule has 3 amide bonds. The van der Waals surface area contributed by atoms with Crippen LogP contribution in [-0.2, 0) is 6.54 Å². The van der Waals surface area contributed by atoms with E-state index < -0.39 is 6.03 Å². The Morgan fingerprint density at radius 2 is 1.82 bits per heavy atom. The van der Waals surface area contributed by atoms with Crippen molar-refractivity contribution in [2.24, 2.45) is 11.7 Å². The van der Waals surface area contributed by atoms with Crippen molar-refractivity contribution in [2.75, 3.05) is 0 Å². The molecule has 0 aliphatic heterocycles. The molecule has 1 aromatic carbocycles. The van der Waals surface area contributed by atoms with Crippen molar-refractivity contribution < 1.29 is 9.59 Å². The van der Waals surface area contributed by atoms with E-state index in [4.69, 9.17) is 5.73 Å². The quantitative estimate of drug-likeness (QED) is 0.847. The largest absolute Gasteiger partial charge is 0.352 e. The Bertz CT molecular complexity index is 535. The first-order valence-electron chi connectivity index (χ1n) is 7.85. The maximum Gasteiger partial charge on any atom is 0.312 e. The number of amides is 3. The second-order valence-corrected chi connectivity index (χ2v) is 6.34. The fourth-order valence-corrected chi connectivity index (χ4v) is 2.46. The summed E-state index contributed by atoms with van der Waals surface area (Å²) < 4.78 is 0. The lowest BCUT2D eigenvalue weighted by atomic mass is 10.0. The van der Waals surface area contributed by atoms with E-state index in [0.29, 0.717) is 24.1 Å². The van der Waals surface area contributed by atoms with Crippen LogP contribution in [0.3, 0.4) is 0 Å². The molecule has 3 N–H and O–H groups in total. The molecule has 0 aromatic heterocycles. The molecule has 1 fully saturated rings. The molecule has 1 aliphatic carbocycles. The van der Waals surface area contributed by atoms with Gasteiger partial charge in [-0.2, -0.15) is 0 Å². The summed E-state index contributed by atoms with van der Waals surface area (Å²) >= 11 is 0. The minimum atomic E-state index is -0.550. The smallest absolute Gasteiger partial charge is 0.312 e. The zero-order valence-electron chi connectivity index (χ0n) is 13.5. The van der Waals surface area contributed by atoms with Crippen LogP contribution in [0.25, 0.3) is 0 Å². The van der Waals surface area contributed by atoms with E-state index in [0.717, 1.165) is 18.4 Å². The molecule has 0 unspecified atom stereocenters. The van der Waals surface area contributed by atoms with Gasteiger partial charge in [0.25, 0.3) is 5.91 Å². The topological polar surface area (TPSA) is 75.4 Å². The molecule has 1 saturated carbocycles. The highest BCUT2D eigenvalue weighted by molar-refractivity contribution is 5.94. The number of nitrogens with zero attached hydrogens (tertiary/aromatic N) is 1. The number of nitrogens with one attached hydrogen (secondary N) is 1. The molecular formula is C17H25N3O2. The first-order valence-corrected chi connectivity index (χ1v) is 7.85. The Hall–Kier alpha value is -2.04. The van der Waals surface area contributed by atoms with E-state index in [1.165, 1.54) is 0 Å². The van der Waals surface area contributed by atoms with Gasteiger partial charge in [0, 0.05) is 24.2 Å². The van der Waals surface area contributed by atoms with Crippen molar-refractivity contribution in [3.05, 3.63) is 35.4 Å². The van der Waals surface area contributed by atoms with Gasteiger partial charge in [-0.15, -0.1) is 0 Å². The standard InChI is InChI=1S/C17H25N3O2/c1-11(2)12(3)20(15-8-9-15)16(21)14-6-4-13(5-7-14)10-19-17(18)22/h4-7,11-12,15H,8-10H2,1-3H3,(H3,18,19,22)/t12-/m1/s1. The molecule has 1 aromatic rings. The highest BCUT2D eigenvalue weighted by Crippen LogP contribution is 2.32. The summed E-state index contributed by atoms with van der Waals surface area (Å²) in [5, 5.41) is 2.54. The normalized spacial score (nSPS) is 15.5. The zero-order valence-corrected chi connectivity index (χ0v) is 13.5. The molecule has 0 heterocycles. The third-order valence-corrected chi connectivity index (χ3v) is 4.25. The van der Waals surface area contributed by atoms with Crippen LogP contribution in [0.4, 0.5) is 4.79 Å². The highest BCUT2D eigenvalue weighted by atomic mass is 16.2. The Labute approximate surface area is 131 Å². The average Bonchev–Trinajstić information content (AvgIpc) is 3.30. The van der Waals surface area contributed by atoms with Crippen molar-refractivity contribution in [3.8, 4) is 0 Å². The number of primary amides is 1. The minimum absolute atomic E-state index is 0.0955. The molecule has 1 aliphatic rings. The third kappa shape index (κ3) is 4.00. The zero-order chi connectivity index (χ0) is 16.3. The number of rotatable bonds is 6. The van der Waals surface area contributed by atoms with Gasteiger partial charge in [-0.1, -0.05) is 26.0 Å². The van der Waals surface area contributed by atoms with Crippen LogP contribution in [0.2, 0.25) is 0 Å². The molecule has 0 bridgehead atoms. The van der Waals surface area contributed by atoms with Crippen LogP contribution in [0.5, 0.6) is 0 Å². The molecular weight excluding hydrogens is 278 g/mol. The van der Waals surface area contributed by atoms with Gasteiger partial charge in [0.05, 0.1) is 0 Å². The van der Waals surface area contributed by atoms with Gasteiger partial charge in [-0.05, 0) is 43.4 Å². The summed E-state index contributed by atoms with van der Waals surface area (Å²) in [6.45, 7) is 6.78. The Morgan fingerprint density at radius 3 is 2.27 bits per heavy atom. The third-order valence-electron chi connectivity index (χ3n) is 4.25. The molecule has 0 saturated heterocycles. The molecule has 0 radical (unpaired) electrons. The van der Waals surface area contributed by atoms with Gasteiger partial charge < -0.3 is 16.0 Å². The maximum atomic E-state index is 12.8. The monoisotopic (exact) mass is 303 g/mol. The van der Waals surface area contributed by atoms with Crippen molar-refractivity contribution in [2.45, 2.75) is 52.2 Å². The molecule has 5 heteroatoms. The van der Waals surface area contributed by atoms with E-state index in [2.05, 4.69) is 26.1 Å². The lowest BCUT2D eigenvalue weighted by Crippen LogP contribution is -2.43. The van der Waals surface area contributed by atoms with Gasteiger partial charge in [0.1, 0.15) is 0 Å². The predicted octanol–water partition coefficient (Wildman–Crippen LogP) is 2.50. The lowest BCUT2D eigenvalue weighted by Gasteiger charge is -2.32. The van der Waals surface area contributed by atoms with Gasteiger partial charge in [-0.25, -0.2) is 4.79 Å². The molecule has 1 atom stereocenters. The molecule has 0 spiro atoms. The number of urea groups is 1. The summed E-state index contributed by atoms with van der Waals surface area (Å²) in [5.74, 6) is 0.529. The Kier molecular flexibility index (Phi) is 5.06. The summed E-state index contributed by atoms with van der Waals surface area (Å²) in [7, 11) is 0. The van der Waals surface area contributed by atoms with E-state index in [1.807, 2.05) is 29.2 Å². The van der Waals surface area contributed by atoms with Crippen LogP contribution >= 0.6 is 0 Å². The fourth-order valence-electron chi connectivity index (χ4n) is 2.46. The van der Waals surface area contributed by atoms with Crippen LogP contribution in [-0.4, -0.2) is 28.9 Å². The minimum Gasteiger partial charge on any atom is -0.352 e. The Balaban J connectivity index is 2.08. The summed E-state index contributed by atoms with van der Waals surface area (Å²) in [6.07, 6.45) is 2.20. The van der Waals surface area contributed by atoms with Crippen LogP contribution in [0.15, 0.2) is 24.3 Å². The van der Waals surface area contributed by atoms with E-state index >= 15 is 0 Å². The van der Waals surface area contributed by atoms with Crippen molar-refractivity contribution in [1.82, 2.24) is 10.2 Å². The summed E-state index contributed by atoms with van der Waals surface area (Å²) in [4.78, 5) is 25.5.